The molecule has 114 valence electrons. The molecule has 0 saturated carbocycles. The Bertz CT molecular complexity index is 583. The van der Waals surface area contributed by atoms with E-state index in [9.17, 15) is 9.59 Å². The maximum Gasteiger partial charge on any atom is 0.344 e. The molecule has 0 fully saturated rings. The van der Waals surface area contributed by atoms with E-state index in [0.717, 1.165) is 11.8 Å². The van der Waals surface area contributed by atoms with E-state index in [2.05, 4.69) is 0 Å². The highest BCUT2D eigenvalue weighted by molar-refractivity contribution is 6.35. The minimum atomic E-state index is -1.51. The van der Waals surface area contributed by atoms with Crippen molar-refractivity contribution in [3.63, 3.8) is 0 Å². The molecule has 0 aliphatic rings. The molecule has 0 atom stereocenters. The van der Waals surface area contributed by atoms with Gasteiger partial charge in [0.05, 0.1) is 0 Å². The topological polar surface area (TPSA) is 77.8 Å². The first kappa shape index (κ1) is 17.3. The van der Waals surface area contributed by atoms with Crippen molar-refractivity contribution in [1.82, 2.24) is 0 Å². The standard InChI is InChI=1S/C14H15Cl2NO4/c1-3-9-11(16)5-8(15)6-12(9)17(4-2)7-10(13(18)19)14(20)21/h5-7H,3-4H2,1-2H3,(H,18,19)(H,20,21). The van der Waals surface area contributed by atoms with E-state index < -0.39 is 17.5 Å². The van der Waals surface area contributed by atoms with E-state index in [4.69, 9.17) is 33.4 Å². The molecule has 1 aromatic rings. The number of benzene rings is 1. The normalized spacial score (nSPS) is 10.1. The molecule has 21 heavy (non-hydrogen) atoms. The van der Waals surface area contributed by atoms with Gasteiger partial charge in [-0.15, -0.1) is 0 Å². The second kappa shape index (κ2) is 7.33. The molecule has 0 heterocycles. The lowest BCUT2D eigenvalue weighted by Crippen LogP contribution is -2.22. The highest BCUT2D eigenvalue weighted by Gasteiger charge is 2.19. The molecule has 7 heteroatoms. The molecule has 0 amide bonds. The second-order valence-corrected chi connectivity index (χ2v) is 5.02. The molecule has 0 bridgehead atoms. The van der Waals surface area contributed by atoms with Crippen molar-refractivity contribution in [3.05, 3.63) is 39.5 Å². The van der Waals surface area contributed by atoms with E-state index in [1.807, 2.05) is 6.92 Å². The fourth-order valence-electron chi connectivity index (χ4n) is 1.89. The summed E-state index contributed by atoms with van der Waals surface area (Å²) in [5, 5.41) is 18.7. The van der Waals surface area contributed by atoms with Crippen molar-refractivity contribution in [1.29, 1.82) is 0 Å². The molecule has 0 saturated heterocycles. The third-order valence-electron chi connectivity index (χ3n) is 2.89. The van der Waals surface area contributed by atoms with E-state index >= 15 is 0 Å². The lowest BCUT2D eigenvalue weighted by atomic mass is 10.1. The number of aliphatic carboxylic acids is 2. The summed E-state index contributed by atoms with van der Waals surface area (Å²) in [6, 6.07) is 3.23. The van der Waals surface area contributed by atoms with Crippen molar-refractivity contribution in [2.45, 2.75) is 20.3 Å². The Morgan fingerprint density at radius 3 is 2.19 bits per heavy atom. The Morgan fingerprint density at radius 2 is 1.76 bits per heavy atom. The zero-order chi connectivity index (χ0) is 16.2. The van der Waals surface area contributed by atoms with Gasteiger partial charge in [-0.3, -0.25) is 0 Å². The summed E-state index contributed by atoms with van der Waals surface area (Å²) < 4.78 is 0. The number of carbonyl (C=O) groups is 2. The van der Waals surface area contributed by atoms with Crippen molar-refractivity contribution >= 4 is 40.8 Å². The van der Waals surface area contributed by atoms with Crippen LogP contribution in [-0.4, -0.2) is 28.7 Å². The molecule has 0 radical (unpaired) electrons. The number of carboxylic acids is 2. The molecule has 0 aliphatic heterocycles. The molecule has 0 aliphatic carbocycles. The van der Waals surface area contributed by atoms with Crippen molar-refractivity contribution in [3.8, 4) is 0 Å². The number of rotatable bonds is 6. The number of hydrogen-bond acceptors (Lipinski definition) is 3. The summed E-state index contributed by atoms with van der Waals surface area (Å²) >= 11 is 12.1. The van der Waals surface area contributed by atoms with Gasteiger partial charge in [0, 0.05) is 28.5 Å². The van der Waals surface area contributed by atoms with Gasteiger partial charge in [-0.2, -0.15) is 0 Å². The number of hydrogen-bond donors (Lipinski definition) is 2. The first-order valence-corrected chi connectivity index (χ1v) is 7.00. The van der Waals surface area contributed by atoms with Gasteiger partial charge in [0.25, 0.3) is 0 Å². The first-order valence-electron chi connectivity index (χ1n) is 6.24. The lowest BCUT2D eigenvalue weighted by molar-refractivity contribution is -0.140. The van der Waals surface area contributed by atoms with Gasteiger partial charge < -0.3 is 15.1 Å². The minimum absolute atomic E-state index is 0.369. The van der Waals surface area contributed by atoms with Crippen LogP contribution in [0.25, 0.3) is 0 Å². The summed E-state index contributed by atoms with van der Waals surface area (Å²) in [6.45, 7) is 4.03. The third kappa shape index (κ3) is 4.12. The summed E-state index contributed by atoms with van der Waals surface area (Å²) in [4.78, 5) is 23.5. The fraction of sp³-hybridized carbons (Fsp3) is 0.286. The lowest BCUT2D eigenvalue weighted by Gasteiger charge is -2.23. The van der Waals surface area contributed by atoms with Crippen LogP contribution in [0.5, 0.6) is 0 Å². The predicted molar refractivity (Wildman–Crippen MR) is 82.2 cm³/mol. The number of anilines is 1. The SMILES string of the molecule is CCc1c(Cl)cc(Cl)cc1N(C=C(C(=O)O)C(=O)O)CC. The van der Waals surface area contributed by atoms with Crippen LogP contribution < -0.4 is 4.90 Å². The number of carboxylic acid groups (broad SMARTS) is 2. The molecule has 1 aromatic carbocycles. The number of halogens is 2. The quantitative estimate of drug-likeness (QED) is 0.474. The Morgan fingerprint density at radius 1 is 1.19 bits per heavy atom. The van der Waals surface area contributed by atoms with Crippen LogP contribution in [0.15, 0.2) is 23.9 Å². The molecule has 2 N–H and O–H groups in total. The van der Waals surface area contributed by atoms with Gasteiger partial charge in [0.15, 0.2) is 5.57 Å². The first-order chi connectivity index (χ1) is 9.81. The van der Waals surface area contributed by atoms with Crippen LogP contribution in [0.3, 0.4) is 0 Å². The van der Waals surface area contributed by atoms with Crippen LogP contribution >= 0.6 is 23.2 Å². The van der Waals surface area contributed by atoms with Gasteiger partial charge >= 0.3 is 11.9 Å². The Hall–Kier alpha value is -1.72. The minimum Gasteiger partial charge on any atom is -0.477 e. The van der Waals surface area contributed by atoms with Gasteiger partial charge in [0.1, 0.15) is 0 Å². The van der Waals surface area contributed by atoms with E-state index in [1.165, 1.54) is 4.90 Å². The molecular weight excluding hydrogens is 317 g/mol. The van der Waals surface area contributed by atoms with Crippen LogP contribution in [0.1, 0.15) is 19.4 Å². The van der Waals surface area contributed by atoms with E-state index in [1.54, 1.807) is 19.1 Å². The zero-order valence-electron chi connectivity index (χ0n) is 11.6. The maximum atomic E-state index is 11.0. The summed E-state index contributed by atoms with van der Waals surface area (Å²) in [5.74, 6) is -3.01. The molecular formula is C14H15Cl2NO4. The molecule has 0 aromatic heterocycles. The van der Waals surface area contributed by atoms with Crippen LogP contribution in [-0.2, 0) is 16.0 Å². The maximum absolute atomic E-state index is 11.0. The Labute approximate surface area is 132 Å². The smallest absolute Gasteiger partial charge is 0.344 e. The number of nitrogens with zero attached hydrogens (tertiary/aromatic N) is 1. The summed E-state index contributed by atoms with van der Waals surface area (Å²) in [5.41, 5.74) is 0.641. The van der Waals surface area contributed by atoms with Crippen LogP contribution in [0.4, 0.5) is 5.69 Å². The molecule has 5 nitrogen and oxygen atoms in total. The third-order valence-corrected chi connectivity index (χ3v) is 3.44. The second-order valence-electron chi connectivity index (χ2n) is 4.18. The molecule has 0 unspecified atom stereocenters. The van der Waals surface area contributed by atoms with E-state index in [0.29, 0.717) is 28.7 Å². The average Bonchev–Trinajstić information content (AvgIpc) is 2.38. The molecule has 1 rings (SSSR count). The van der Waals surface area contributed by atoms with Crippen molar-refractivity contribution in [2.75, 3.05) is 11.4 Å². The average molecular weight is 332 g/mol. The van der Waals surface area contributed by atoms with Crippen molar-refractivity contribution in [2.24, 2.45) is 0 Å². The highest BCUT2D eigenvalue weighted by Crippen LogP contribution is 2.32. The fourth-order valence-corrected chi connectivity index (χ4v) is 2.50. The van der Waals surface area contributed by atoms with Gasteiger partial charge in [-0.05, 0) is 31.0 Å². The zero-order valence-corrected chi connectivity index (χ0v) is 13.1. The van der Waals surface area contributed by atoms with Gasteiger partial charge in [-0.25, -0.2) is 9.59 Å². The Balaban J connectivity index is 3.44. The largest absolute Gasteiger partial charge is 0.477 e. The summed E-state index contributed by atoms with van der Waals surface area (Å²) in [6.07, 6.45) is 1.68. The van der Waals surface area contributed by atoms with Crippen LogP contribution in [0.2, 0.25) is 10.0 Å². The van der Waals surface area contributed by atoms with E-state index in [-0.39, 0.29) is 0 Å². The monoisotopic (exact) mass is 331 g/mol. The highest BCUT2D eigenvalue weighted by atomic mass is 35.5. The van der Waals surface area contributed by atoms with Crippen molar-refractivity contribution < 1.29 is 19.8 Å². The Kier molecular flexibility index (Phi) is 6.05. The molecule has 0 spiro atoms. The summed E-state index contributed by atoms with van der Waals surface area (Å²) in [7, 11) is 0. The predicted octanol–water partition coefficient (Wildman–Crippen LogP) is 3.44. The van der Waals surface area contributed by atoms with Gasteiger partial charge in [0.2, 0.25) is 0 Å². The van der Waals surface area contributed by atoms with Crippen LogP contribution in [0, 0.1) is 0 Å². The van der Waals surface area contributed by atoms with Gasteiger partial charge in [-0.1, -0.05) is 30.1 Å².